The van der Waals surface area contributed by atoms with E-state index in [1.807, 2.05) is 17.8 Å². The third-order valence-corrected chi connectivity index (χ3v) is 3.64. The molecule has 0 N–H and O–H groups in total. The Labute approximate surface area is 113 Å². The van der Waals surface area contributed by atoms with Crippen molar-refractivity contribution >= 4 is 17.7 Å². The molecule has 0 aliphatic carbocycles. The zero-order valence-corrected chi connectivity index (χ0v) is 12.3. The van der Waals surface area contributed by atoms with Gasteiger partial charge in [0.05, 0.1) is 13.2 Å². The number of rotatable bonds is 7. The minimum Gasteiger partial charge on any atom is -0.463 e. The summed E-state index contributed by atoms with van der Waals surface area (Å²) < 4.78 is 10.1. The van der Waals surface area contributed by atoms with E-state index >= 15 is 0 Å². The van der Waals surface area contributed by atoms with Crippen molar-refractivity contribution in [2.24, 2.45) is 0 Å². The maximum atomic E-state index is 11.3. The fourth-order valence-electron chi connectivity index (χ4n) is 1.66. The van der Waals surface area contributed by atoms with Crippen LogP contribution in [0.1, 0.15) is 35.7 Å². The molecule has 1 unspecified atom stereocenters. The minimum atomic E-state index is -0.432. The summed E-state index contributed by atoms with van der Waals surface area (Å²) in [5.74, 6) is 1.78. The first-order valence-corrected chi connectivity index (χ1v) is 7.36. The Kier molecular flexibility index (Phi) is 6.29. The van der Waals surface area contributed by atoms with Crippen LogP contribution < -0.4 is 0 Å². The van der Waals surface area contributed by atoms with E-state index in [1.165, 1.54) is 7.11 Å². The number of hydrogen-bond acceptors (Lipinski definition) is 5. The zero-order chi connectivity index (χ0) is 13.5. The maximum Gasteiger partial charge on any atom is 0.373 e. The third-order valence-electron chi connectivity index (χ3n) is 2.95. The van der Waals surface area contributed by atoms with Gasteiger partial charge in [0.25, 0.3) is 0 Å². The van der Waals surface area contributed by atoms with Gasteiger partial charge in [0.15, 0.2) is 0 Å². The van der Waals surface area contributed by atoms with Gasteiger partial charge in [0.2, 0.25) is 5.76 Å². The fraction of sp³-hybridized carbons (Fsp3) is 0.615. The molecular weight excluding hydrogens is 250 g/mol. The molecule has 0 radical (unpaired) electrons. The number of methoxy groups -OCH3 is 1. The first kappa shape index (κ1) is 15.1. The monoisotopic (exact) mass is 271 g/mol. The van der Waals surface area contributed by atoms with E-state index < -0.39 is 5.97 Å². The number of ether oxygens (including phenoxy) is 1. The molecule has 1 rings (SSSR count). The van der Waals surface area contributed by atoms with E-state index in [9.17, 15) is 4.79 Å². The van der Waals surface area contributed by atoms with Gasteiger partial charge < -0.3 is 9.15 Å². The maximum absolute atomic E-state index is 11.3. The molecule has 0 saturated heterocycles. The van der Waals surface area contributed by atoms with Crippen LogP contribution >= 0.6 is 11.8 Å². The molecule has 0 bridgehead atoms. The van der Waals surface area contributed by atoms with Crippen molar-refractivity contribution in [3.8, 4) is 0 Å². The van der Waals surface area contributed by atoms with E-state index in [0.29, 0.717) is 0 Å². The molecule has 1 atom stereocenters. The smallest absolute Gasteiger partial charge is 0.373 e. The van der Waals surface area contributed by atoms with E-state index in [1.54, 1.807) is 6.07 Å². The van der Waals surface area contributed by atoms with Crippen molar-refractivity contribution in [3.05, 3.63) is 23.7 Å². The van der Waals surface area contributed by atoms with Crippen molar-refractivity contribution in [3.63, 3.8) is 0 Å². The van der Waals surface area contributed by atoms with Gasteiger partial charge in [-0.3, -0.25) is 4.90 Å². The summed E-state index contributed by atoms with van der Waals surface area (Å²) in [4.78, 5) is 13.5. The highest BCUT2D eigenvalue weighted by Crippen LogP contribution is 2.21. The molecule has 4 nitrogen and oxygen atoms in total. The predicted octanol–water partition coefficient (Wildman–Crippen LogP) is 2.81. The number of nitrogens with zero attached hydrogens (tertiary/aromatic N) is 1. The number of carbonyl (C=O) groups excluding carboxylic acids is 1. The Hall–Kier alpha value is -0.940. The van der Waals surface area contributed by atoms with E-state index in [4.69, 9.17) is 4.42 Å². The van der Waals surface area contributed by atoms with Gasteiger partial charge in [-0.05, 0) is 51.1 Å². The highest BCUT2D eigenvalue weighted by atomic mass is 32.2. The second kappa shape index (κ2) is 7.48. The van der Waals surface area contributed by atoms with E-state index in [2.05, 4.69) is 29.9 Å². The Bertz CT molecular complexity index is 378. The lowest BCUT2D eigenvalue weighted by molar-refractivity contribution is 0.0559. The van der Waals surface area contributed by atoms with Crippen molar-refractivity contribution in [2.45, 2.75) is 19.4 Å². The van der Waals surface area contributed by atoms with Crippen molar-refractivity contribution in [2.75, 3.05) is 32.7 Å². The summed E-state index contributed by atoms with van der Waals surface area (Å²) in [7, 11) is 3.41. The highest BCUT2D eigenvalue weighted by molar-refractivity contribution is 7.98. The van der Waals surface area contributed by atoms with Crippen LogP contribution in [0.4, 0.5) is 0 Å². The average Bonchev–Trinajstić information content (AvgIpc) is 2.86. The van der Waals surface area contributed by atoms with Crippen LogP contribution in [0.3, 0.4) is 0 Å². The summed E-state index contributed by atoms with van der Waals surface area (Å²) in [6, 6.07) is 3.65. The number of carbonyl (C=O) groups is 1. The summed E-state index contributed by atoms with van der Waals surface area (Å²) in [6.45, 7) is 3.08. The van der Waals surface area contributed by atoms with Gasteiger partial charge in [-0.2, -0.15) is 11.8 Å². The van der Waals surface area contributed by atoms with Gasteiger partial charge in [-0.1, -0.05) is 0 Å². The van der Waals surface area contributed by atoms with Crippen molar-refractivity contribution in [1.29, 1.82) is 0 Å². The van der Waals surface area contributed by atoms with Crippen LogP contribution in [-0.4, -0.2) is 43.6 Å². The summed E-state index contributed by atoms with van der Waals surface area (Å²) in [5.41, 5.74) is 0. The SMILES string of the molecule is COC(=O)c1ccc(C(C)N(C)CCCSC)o1. The Morgan fingerprint density at radius 1 is 1.56 bits per heavy atom. The molecular formula is C13H21NO3S. The van der Waals surface area contributed by atoms with Crippen LogP contribution in [0.2, 0.25) is 0 Å². The number of hydrogen-bond donors (Lipinski definition) is 0. The topological polar surface area (TPSA) is 42.7 Å². The molecule has 18 heavy (non-hydrogen) atoms. The molecule has 0 saturated carbocycles. The standard InChI is InChI=1S/C13H21NO3S/c1-10(14(2)8-5-9-18-4)11-6-7-12(17-11)13(15)16-3/h6-7,10H,5,8-9H2,1-4H3. The van der Waals surface area contributed by atoms with Crippen LogP contribution in [0.5, 0.6) is 0 Å². The van der Waals surface area contributed by atoms with Crippen molar-refractivity contribution in [1.82, 2.24) is 4.90 Å². The quantitative estimate of drug-likeness (QED) is 0.563. The first-order valence-electron chi connectivity index (χ1n) is 5.97. The second-order valence-corrected chi connectivity index (χ2v) is 5.18. The Morgan fingerprint density at radius 2 is 2.28 bits per heavy atom. The van der Waals surface area contributed by atoms with Crippen molar-refractivity contribution < 1.29 is 13.9 Å². The summed E-state index contributed by atoms with van der Waals surface area (Å²) in [5, 5.41) is 0. The molecule has 5 heteroatoms. The lowest BCUT2D eigenvalue weighted by Gasteiger charge is -2.22. The molecule has 1 aromatic heterocycles. The minimum absolute atomic E-state index is 0.158. The lowest BCUT2D eigenvalue weighted by atomic mass is 10.2. The number of thioether (sulfide) groups is 1. The molecule has 1 heterocycles. The van der Waals surface area contributed by atoms with Gasteiger partial charge >= 0.3 is 5.97 Å². The summed E-state index contributed by atoms with van der Waals surface area (Å²) in [6.07, 6.45) is 3.26. The van der Waals surface area contributed by atoms with Crippen LogP contribution in [-0.2, 0) is 4.74 Å². The van der Waals surface area contributed by atoms with Gasteiger partial charge in [0.1, 0.15) is 5.76 Å². The lowest BCUT2D eigenvalue weighted by Crippen LogP contribution is -2.23. The molecule has 0 aromatic carbocycles. The molecule has 0 amide bonds. The molecule has 0 fully saturated rings. The van der Waals surface area contributed by atoms with E-state index in [-0.39, 0.29) is 11.8 Å². The zero-order valence-electron chi connectivity index (χ0n) is 11.4. The molecule has 102 valence electrons. The Morgan fingerprint density at radius 3 is 2.89 bits per heavy atom. The van der Waals surface area contributed by atoms with E-state index in [0.717, 1.165) is 24.5 Å². The number of furan rings is 1. The Balaban J connectivity index is 2.57. The molecule has 0 spiro atoms. The molecule has 1 aromatic rings. The van der Waals surface area contributed by atoms with Crippen LogP contribution in [0, 0.1) is 0 Å². The van der Waals surface area contributed by atoms with Gasteiger partial charge in [-0.15, -0.1) is 0 Å². The number of esters is 1. The second-order valence-electron chi connectivity index (χ2n) is 4.20. The van der Waals surface area contributed by atoms with Crippen LogP contribution in [0.15, 0.2) is 16.5 Å². The normalized spacial score (nSPS) is 12.7. The fourth-order valence-corrected chi connectivity index (χ4v) is 2.07. The highest BCUT2D eigenvalue weighted by Gasteiger charge is 2.18. The molecule has 0 aliphatic heterocycles. The summed E-state index contributed by atoms with van der Waals surface area (Å²) >= 11 is 1.85. The average molecular weight is 271 g/mol. The first-order chi connectivity index (χ1) is 8.60. The third kappa shape index (κ3) is 4.07. The van der Waals surface area contributed by atoms with Gasteiger partial charge in [-0.25, -0.2) is 4.79 Å². The molecule has 0 aliphatic rings. The predicted molar refractivity (Wildman–Crippen MR) is 74.1 cm³/mol. The largest absolute Gasteiger partial charge is 0.463 e. The van der Waals surface area contributed by atoms with Crippen LogP contribution in [0.25, 0.3) is 0 Å². The van der Waals surface area contributed by atoms with Gasteiger partial charge in [0, 0.05) is 0 Å².